The van der Waals surface area contributed by atoms with E-state index in [1.54, 1.807) is 0 Å². The molecule has 0 fully saturated rings. The van der Waals surface area contributed by atoms with Crippen LogP contribution in [0.15, 0.2) is 61.2 Å². The molecule has 0 spiro atoms. The Bertz CT molecular complexity index is 948. The minimum atomic E-state index is 0.874. The lowest BCUT2D eigenvalue weighted by Gasteiger charge is -2.24. The summed E-state index contributed by atoms with van der Waals surface area (Å²) < 4.78 is 6.19. The van der Waals surface area contributed by atoms with Crippen molar-refractivity contribution < 1.29 is 4.74 Å². The highest BCUT2D eigenvalue weighted by Crippen LogP contribution is 2.42. The van der Waals surface area contributed by atoms with Crippen molar-refractivity contribution in [1.82, 2.24) is 0 Å². The van der Waals surface area contributed by atoms with E-state index >= 15 is 0 Å². The predicted molar refractivity (Wildman–Crippen MR) is 98.1 cm³/mol. The van der Waals surface area contributed by atoms with Crippen LogP contribution >= 0.6 is 0 Å². The summed E-state index contributed by atoms with van der Waals surface area (Å²) >= 11 is 0. The molecule has 1 heterocycles. The summed E-state index contributed by atoms with van der Waals surface area (Å²) in [5, 5.41) is 2.52. The minimum Gasteiger partial charge on any atom is -0.457 e. The number of benzene rings is 3. The summed E-state index contributed by atoms with van der Waals surface area (Å²) in [4.78, 5) is 0. The maximum absolute atomic E-state index is 6.19. The molecular weight excluding hydrogens is 280 g/mol. The molecule has 0 saturated carbocycles. The Balaban J connectivity index is 1.94. The topological polar surface area (TPSA) is 9.23 Å². The van der Waals surface area contributed by atoms with Crippen molar-refractivity contribution in [1.29, 1.82) is 0 Å². The van der Waals surface area contributed by atoms with Gasteiger partial charge in [0, 0.05) is 17.5 Å². The normalized spacial score (nSPS) is 12.7. The Morgan fingerprint density at radius 3 is 2.57 bits per heavy atom. The summed E-state index contributed by atoms with van der Waals surface area (Å²) in [5.41, 5.74) is 4.84. The molecule has 23 heavy (non-hydrogen) atoms. The molecule has 112 valence electrons. The van der Waals surface area contributed by atoms with Crippen LogP contribution in [0.2, 0.25) is 0 Å². The highest BCUT2D eigenvalue weighted by atomic mass is 16.5. The van der Waals surface area contributed by atoms with Crippen LogP contribution in [0, 0.1) is 0 Å². The van der Waals surface area contributed by atoms with E-state index in [9.17, 15) is 0 Å². The van der Waals surface area contributed by atoms with Crippen molar-refractivity contribution >= 4 is 22.9 Å². The van der Waals surface area contributed by atoms with Gasteiger partial charge in [-0.05, 0) is 41.0 Å². The van der Waals surface area contributed by atoms with E-state index in [4.69, 9.17) is 4.74 Å². The maximum Gasteiger partial charge on any atom is 0.131 e. The lowest BCUT2D eigenvalue weighted by Crippen LogP contribution is -2.06. The summed E-state index contributed by atoms with van der Waals surface area (Å²) in [6.07, 6.45) is 6.99. The molecule has 0 N–H and O–H groups in total. The van der Waals surface area contributed by atoms with Crippen LogP contribution in [0.25, 0.3) is 22.9 Å². The first-order valence-electron chi connectivity index (χ1n) is 7.91. The smallest absolute Gasteiger partial charge is 0.131 e. The number of fused-ring (bicyclic) bond motifs is 4. The second kappa shape index (κ2) is 5.44. The fourth-order valence-electron chi connectivity index (χ4n) is 3.40. The van der Waals surface area contributed by atoms with Crippen LogP contribution in [0.1, 0.15) is 29.2 Å². The molecule has 0 aromatic heterocycles. The lowest BCUT2D eigenvalue weighted by atomic mass is 9.90. The van der Waals surface area contributed by atoms with E-state index in [0.29, 0.717) is 0 Å². The number of hydrogen-bond acceptors (Lipinski definition) is 1. The average molecular weight is 298 g/mol. The van der Waals surface area contributed by atoms with Gasteiger partial charge in [-0.1, -0.05) is 61.2 Å². The number of hydrogen-bond donors (Lipinski definition) is 0. The van der Waals surface area contributed by atoms with Gasteiger partial charge in [0.25, 0.3) is 0 Å². The highest BCUT2D eigenvalue weighted by Gasteiger charge is 2.21. The summed E-state index contributed by atoms with van der Waals surface area (Å²) in [6, 6.07) is 16.9. The molecule has 0 bridgehead atoms. The molecule has 1 heteroatoms. The van der Waals surface area contributed by atoms with Crippen molar-refractivity contribution in [2.24, 2.45) is 0 Å². The second-order valence-electron chi connectivity index (χ2n) is 5.79. The van der Waals surface area contributed by atoms with Gasteiger partial charge in [0.05, 0.1) is 0 Å². The molecule has 1 aliphatic rings. The maximum atomic E-state index is 6.19. The fraction of sp³-hybridized carbons (Fsp3) is 0.0909. The van der Waals surface area contributed by atoms with E-state index in [2.05, 4.69) is 67.3 Å². The molecular formula is C22H18O. The standard InChI is InChI=1S/C22H18O/c1-3-7-15-10-12-21-19(17(15)4-2)14-20-18-9-6-5-8-16(18)11-13-22(20)23-21/h3-13H,2,14H2,1H3/b7-3-. The first kappa shape index (κ1) is 13.8. The monoisotopic (exact) mass is 298 g/mol. The van der Waals surface area contributed by atoms with E-state index in [1.807, 2.05) is 13.0 Å². The number of ether oxygens (including phenoxy) is 1. The van der Waals surface area contributed by atoms with E-state index in [1.165, 1.54) is 33.0 Å². The zero-order valence-corrected chi connectivity index (χ0v) is 13.2. The van der Waals surface area contributed by atoms with Crippen LogP contribution in [0.5, 0.6) is 11.5 Å². The lowest BCUT2D eigenvalue weighted by molar-refractivity contribution is 0.461. The van der Waals surface area contributed by atoms with Crippen LogP contribution < -0.4 is 4.74 Å². The molecule has 0 saturated heterocycles. The summed E-state index contributed by atoms with van der Waals surface area (Å²) in [6.45, 7) is 6.04. The second-order valence-corrected chi connectivity index (χ2v) is 5.79. The largest absolute Gasteiger partial charge is 0.457 e. The van der Waals surface area contributed by atoms with Gasteiger partial charge < -0.3 is 4.74 Å². The van der Waals surface area contributed by atoms with Crippen molar-refractivity contribution in [3.63, 3.8) is 0 Å². The Labute approximate surface area is 136 Å². The first-order valence-corrected chi connectivity index (χ1v) is 7.91. The molecule has 3 aromatic carbocycles. The van der Waals surface area contributed by atoms with Crippen molar-refractivity contribution in [3.8, 4) is 11.5 Å². The molecule has 3 aromatic rings. The predicted octanol–water partition coefficient (Wildman–Crippen LogP) is 6.21. The molecule has 0 atom stereocenters. The van der Waals surface area contributed by atoms with Gasteiger partial charge in [-0.25, -0.2) is 0 Å². The van der Waals surface area contributed by atoms with Gasteiger partial charge in [0.15, 0.2) is 0 Å². The molecule has 4 rings (SSSR count). The van der Waals surface area contributed by atoms with Gasteiger partial charge in [-0.15, -0.1) is 0 Å². The average Bonchev–Trinajstić information content (AvgIpc) is 2.60. The van der Waals surface area contributed by atoms with Crippen molar-refractivity contribution in [3.05, 3.63) is 83.4 Å². The van der Waals surface area contributed by atoms with Gasteiger partial charge >= 0.3 is 0 Å². The van der Waals surface area contributed by atoms with Gasteiger partial charge in [-0.3, -0.25) is 0 Å². The molecule has 1 nitrogen and oxygen atoms in total. The molecule has 0 radical (unpaired) electrons. The van der Waals surface area contributed by atoms with Crippen LogP contribution in [-0.4, -0.2) is 0 Å². The van der Waals surface area contributed by atoms with Crippen LogP contribution in [0.4, 0.5) is 0 Å². The zero-order valence-electron chi connectivity index (χ0n) is 13.2. The fourth-order valence-corrected chi connectivity index (χ4v) is 3.40. The molecule has 1 aliphatic heterocycles. The quantitative estimate of drug-likeness (QED) is 0.427. The van der Waals surface area contributed by atoms with Gasteiger partial charge in [-0.2, -0.15) is 0 Å². The van der Waals surface area contributed by atoms with Gasteiger partial charge in [0.2, 0.25) is 0 Å². The van der Waals surface area contributed by atoms with Crippen LogP contribution in [-0.2, 0) is 6.42 Å². The van der Waals surface area contributed by atoms with Gasteiger partial charge in [0.1, 0.15) is 11.5 Å². The Morgan fingerprint density at radius 2 is 1.74 bits per heavy atom. The number of allylic oxidation sites excluding steroid dienone is 1. The minimum absolute atomic E-state index is 0.874. The highest BCUT2D eigenvalue weighted by molar-refractivity contribution is 5.89. The van der Waals surface area contributed by atoms with Crippen molar-refractivity contribution in [2.45, 2.75) is 13.3 Å². The SMILES string of the molecule is C=Cc1c(/C=C\C)ccc2c1Cc1c(ccc3ccccc13)O2. The molecule has 0 unspecified atom stereocenters. The van der Waals surface area contributed by atoms with Crippen LogP contribution in [0.3, 0.4) is 0 Å². The third-order valence-electron chi connectivity index (χ3n) is 4.47. The van der Waals surface area contributed by atoms with E-state index < -0.39 is 0 Å². The third kappa shape index (κ3) is 2.17. The van der Waals surface area contributed by atoms with Crippen molar-refractivity contribution in [2.75, 3.05) is 0 Å². The third-order valence-corrected chi connectivity index (χ3v) is 4.47. The Hall–Kier alpha value is -2.80. The first-order chi connectivity index (χ1) is 11.3. The van der Waals surface area contributed by atoms with E-state index in [-0.39, 0.29) is 0 Å². The Morgan fingerprint density at radius 1 is 0.957 bits per heavy atom. The van der Waals surface area contributed by atoms with E-state index in [0.717, 1.165) is 17.9 Å². The molecule has 0 amide bonds. The summed E-state index contributed by atoms with van der Waals surface area (Å²) in [5.74, 6) is 1.90. The Kier molecular flexibility index (Phi) is 3.27. The zero-order chi connectivity index (χ0) is 15.8. The summed E-state index contributed by atoms with van der Waals surface area (Å²) in [7, 11) is 0. The number of rotatable bonds is 2. The molecule has 0 aliphatic carbocycles.